The summed E-state index contributed by atoms with van der Waals surface area (Å²) in [6, 6.07) is 3.43. The van der Waals surface area contributed by atoms with Crippen molar-refractivity contribution in [1.82, 2.24) is 15.5 Å². The molecule has 0 aromatic carbocycles. The molecule has 0 atom stereocenters. The van der Waals surface area contributed by atoms with Gasteiger partial charge in [-0.2, -0.15) is 0 Å². The fraction of sp³-hybridized carbons (Fsp3) is 0.545. The Kier molecular flexibility index (Phi) is 6.13. The molecule has 0 spiro atoms. The van der Waals surface area contributed by atoms with Gasteiger partial charge in [-0.15, -0.1) is 11.3 Å². The second-order valence-corrected chi connectivity index (χ2v) is 10.1. The summed E-state index contributed by atoms with van der Waals surface area (Å²) in [5.74, 6) is -0.291. The topological polar surface area (TPSA) is 61.4 Å². The van der Waals surface area contributed by atoms with Crippen LogP contribution in [-0.4, -0.2) is 42.4 Å². The molecule has 1 aromatic heterocycles. The molecule has 2 aliphatic carbocycles. The minimum atomic E-state index is -0.827. The predicted molar refractivity (Wildman–Crippen MR) is 117 cm³/mol. The molecule has 0 unspecified atom stereocenters. The van der Waals surface area contributed by atoms with Crippen molar-refractivity contribution in [3.63, 3.8) is 0 Å². The van der Waals surface area contributed by atoms with Crippen molar-refractivity contribution in [2.24, 2.45) is 0 Å². The Bertz CT molecular complexity index is 867. The van der Waals surface area contributed by atoms with Crippen LogP contribution in [0.5, 0.6) is 0 Å². The molecule has 2 amide bonds. The minimum absolute atomic E-state index is 0.0768. The first-order valence-electron chi connectivity index (χ1n) is 10.4. The summed E-state index contributed by atoms with van der Waals surface area (Å²) in [7, 11) is 2.16. The van der Waals surface area contributed by atoms with Crippen molar-refractivity contribution in [1.29, 1.82) is 0 Å². The average molecular weight is 434 g/mol. The first kappa shape index (κ1) is 20.6. The standard InChI is InChI=1S/C22H28ClN3O2S/c1-26-12-8-15-4-5-17(14-16(15)9-13-26)24-21(28)22(10-2-3-11-22)25-20(27)18-6-7-19(23)29-18/h6-7,14H,2-5,8-13H2,1H3,(H,24,28)(H,25,27). The first-order valence-corrected chi connectivity index (χ1v) is 11.6. The van der Waals surface area contributed by atoms with Gasteiger partial charge in [0.1, 0.15) is 5.54 Å². The van der Waals surface area contributed by atoms with Crippen LogP contribution in [0, 0.1) is 0 Å². The van der Waals surface area contributed by atoms with Crippen molar-refractivity contribution in [2.45, 2.75) is 56.9 Å². The van der Waals surface area contributed by atoms with E-state index in [1.54, 1.807) is 12.1 Å². The van der Waals surface area contributed by atoms with Gasteiger partial charge in [-0.05, 0) is 69.4 Å². The third-order valence-corrected chi connectivity index (χ3v) is 7.60. The molecule has 4 rings (SSSR count). The van der Waals surface area contributed by atoms with Crippen LogP contribution in [0.25, 0.3) is 0 Å². The molecule has 1 saturated carbocycles. The number of nitrogens with zero attached hydrogens (tertiary/aromatic N) is 1. The van der Waals surface area contributed by atoms with Gasteiger partial charge < -0.3 is 15.5 Å². The van der Waals surface area contributed by atoms with Gasteiger partial charge in [0.05, 0.1) is 9.21 Å². The van der Waals surface area contributed by atoms with Crippen LogP contribution < -0.4 is 10.6 Å². The zero-order valence-electron chi connectivity index (χ0n) is 16.9. The van der Waals surface area contributed by atoms with Gasteiger partial charge >= 0.3 is 0 Å². The molecule has 0 saturated heterocycles. The Labute approximate surface area is 181 Å². The van der Waals surface area contributed by atoms with E-state index >= 15 is 0 Å². The lowest BCUT2D eigenvalue weighted by atomic mass is 9.91. The van der Waals surface area contributed by atoms with Gasteiger partial charge in [0.25, 0.3) is 5.91 Å². The zero-order valence-corrected chi connectivity index (χ0v) is 18.4. The number of rotatable bonds is 4. The molecule has 29 heavy (non-hydrogen) atoms. The lowest BCUT2D eigenvalue weighted by Crippen LogP contribution is -2.56. The van der Waals surface area contributed by atoms with Gasteiger partial charge in [0.15, 0.2) is 0 Å². The van der Waals surface area contributed by atoms with Crippen molar-refractivity contribution in [3.8, 4) is 0 Å². The molecule has 1 aromatic rings. The monoisotopic (exact) mass is 433 g/mol. The first-order chi connectivity index (χ1) is 13.9. The number of hydrogen-bond acceptors (Lipinski definition) is 4. The summed E-state index contributed by atoms with van der Waals surface area (Å²) in [5, 5.41) is 6.20. The van der Waals surface area contributed by atoms with Crippen molar-refractivity contribution < 1.29 is 9.59 Å². The number of allylic oxidation sites excluding steroid dienone is 2. The number of thiophene rings is 1. The van der Waals surface area contributed by atoms with E-state index in [1.807, 2.05) is 0 Å². The highest BCUT2D eigenvalue weighted by molar-refractivity contribution is 7.18. The van der Waals surface area contributed by atoms with E-state index < -0.39 is 5.54 Å². The Hall–Kier alpha value is -1.63. The molecule has 2 heterocycles. The Morgan fingerprint density at radius 2 is 1.86 bits per heavy atom. The van der Waals surface area contributed by atoms with E-state index in [9.17, 15) is 9.59 Å². The zero-order chi connectivity index (χ0) is 20.4. The van der Waals surface area contributed by atoms with Crippen molar-refractivity contribution >= 4 is 34.8 Å². The maximum Gasteiger partial charge on any atom is 0.262 e. The van der Waals surface area contributed by atoms with Crippen LogP contribution >= 0.6 is 22.9 Å². The van der Waals surface area contributed by atoms with Gasteiger partial charge in [-0.1, -0.05) is 30.0 Å². The van der Waals surface area contributed by atoms with Gasteiger partial charge in [0.2, 0.25) is 5.91 Å². The fourth-order valence-corrected chi connectivity index (χ4v) is 5.52. The molecule has 7 heteroatoms. The smallest absolute Gasteiger partial charge is 0.262 e. The van der Waals surface area contributed by atoms with Crippen LogP contribution in [0.2, 0.25) is 4.34 Å². The second-order valence-electron chi connectivity index (χ2n) is 8.40. The quantitative estimate of drug-likeness (QED) is 0.745. The summed E-state index contributed by atoms with van der Waals surface area (Å²) in [6.07, 6.45) is 9.45. The largest absolute Gasteiger partial charge is 0.337 e. The Balaban J connectivity index is 1.47. The molecule has 0 bridgehead atoms. The number of amides is 2. The van der Waals surface area contributed by atoms with Crippen molar-refractivity contribution in [3.05, 3.63) is 44.3 Å². The Morgan fingerprint density at radius 1 is 1.10 bits per heavy atom. The predicted octanol–water partition coefficient (Wildman–Crippen LogP) is 4.26. The highest BCUT2D eigenvalue weighted by Crippen LogP contribution is 2.33. The molecule has 3 aliphatic rings. The van der Waals surface area contributed by atoms with E-state index in [4.69, 9.17) is 11.6 Å². The summed E-state index contributed by atoms with van der Waals surface area (Å²) in [5.41, 5.74) is 3.07. The highest BCUT2D eigenvalue weighted by atomic mass is 35.5. The van der Waals surface area contributed by atoms with Gasteiger partial charge in [-0.3, -0.25) is 9.59 Å². The van der Waals surface area contributed by atoms with E-state index in [2.05, 4.69) is 28.7 Å². The summed E-state index contributed by atoms with van der Waals surface area (Å²) >= 11 is 7.21. The number of carbonyl (C=O) groups excluding carboxylic acids is 2. The van der Waals surface area contributed by atoms with Crippen LogP contribution in [0.4, 0.5) is 0 Å². The molecule has 1 aliphatic heterocycles. The van der Waals surface area contributed by atoms with Crippen LogP contribution in [-0.2, 0) is 4.79 Å². The van der Waals surface area contributed by atoms with Gasteiger partial charge in [0, 0.05) is 18.8 Å². The fourth-order valence-electron chi connectivity index (χ4n) is 4.58. The van der Waals surface area contributed by atoms with Gasteiger partial charge in [-0.25, -0.2) is 0 Å². The van der Waals surface area contributed by atoms with Crippen LogP contribution in [0.15, 0.2) is 35.1 Å². The third kappa shape index (κ3) is 4.60. The van der Waals surface area contributed by atoms with E-state index in [-0.39, 0.29) is 11.8 Å². The maximum atomic E-state index is 13.3. The SMILES string of the molecule is CN1CCC2=C(CCC(NC(=O)C3(NC(=O)c4ccc(Cl)s4)CCCC3)=C2)CC1. The lowest BCUT2D eigenvalue weighted by Gasteiger charge is -2.30. The molecular formula is C22H28ClN3O2S. The van der Waals surface area contributed by atoms with E-state index in [0.717, 1.165) is 57.3 Å². The number of hydrogen-bond donors (Lipinski definition) is 2. The number of carbonyl (C=O) groups is 2. The van der Waals surface area contributed by atoms with Crippen LogP contribution in [0.3, 0.4) is 0 Å². The maximum absolute atomic E-state index is 13.3. The molecule has 0 radical (unpaired) electrons. The molecule has 1 fully saturated rings. The van der Waals surface area contributed by atoms with Crippen molar-refractivity contribution in [2.75, 3.05) is 20.1 Å². The molecule has 2 N–H and O–H groups in total. The van der Waals surface area contributed by atoms with E-state index in [1.165, 1.54) is 22.5 Å². The summed E-state index contributed by atoms with van der Waals surface area (Å²) in [6.45, 7) is 2.16. The normalized spacial score (nSPS) is 21.9. The number of nitrogens with one attached hydrogen (secondary N) is 2. The molecular weight excluding hydrogens is 406 g/mol. The van der Waals surface area contributed by atoms with E-state index in [0.29, 0.717) is 22.1 Å². The second kappa shape index (κ2) is 8.62. The molecule has 5 nitrogen and oxygen atoms in total. The Morgan fingerprint density at radius 3 is 2.59 bits per heavy atom. The summed E-state index contributed by atoms with van der Waals surface area (Å²) < 4.78 is 0.575. The van der Waals surface area contributed by atoms with Crippen LogP contribution in [0.1, 0.15) is 61.0 Å². The molecule has 156 valence electrons. The summed E-state index contributed by atoms with van der Waals surface area (Å²) in [4.78, 5) is 28.9. The third-order valence-electron chi connectivity index (χ3n) is 6.37. The highest BCUT2D eigenvalue weighted by Gasteiger charge is 2.43. The average Bonchev–Trinajstić information content (AvgIpc) is 3.31. The minimum Gasteiger partial charge on any atom is -0.337 e. The lowest BCUT2D eigenvalue weighted by molar-refractivity contribution is -0.126. The number of halogens is 1.